The van der Waals surface area contributed by atoms with E-state index >= 15 is 0 Å². The van der Waals surface area contributed by atoms with E-state index in [0.717, 1.165) is 16.7 Å². The van der Waals surface area contributed by atoms with Crippen LogP contribution in [0.4, 0.5) is 0 Å². The van der Waals surface area contributed by atoms with Gasteiger partial charge in [-0.1, -0.05) is 0 Å². The number of aromatic nitrogens is 2. The number of thiophene rings is 1. The number of thioether (sulfide) groups is 1. The van der Waals surface area contributed by atoms with E-state index in [1.54, 1.807) is 6.92 Å². The number of nitrogens with zero attached hydrogens (tertiary/aromatic N) is 2. The fraction of sp³-hybridized carbons (Fsp3) is 0.417. The van der Waals surface area contributed by atoms with E-state index in [0.29, 0.717) is 21.8 Å². The predicted octanol–water partition coefficient (Wildman–Crippen LogP) is 1.98. The molecule has 2 aromatic rings. The molecule has 9 heteroatoms. The van der Waals surface area contributed by atoms with Crippen LogP contribution in [0.2, 0.25) is 0 Å². The lowest BCUT2D eigenvalue weighted by Crippen LogP contribution is -2.06. The summed E-state index contributed by atoms with van der Waals surface area (Å²) in [5.74, 6) is -0.616. The number of fused-ring (bicyclic) bond motifs is 1. The van der Waals surface area contributed by atoms with Gasteiger partial charge >= 0.3 is 5.97 Å². The van der Waals surface area contributed by atoms with Gasteiger partial charge in [-0.2, -0.15) is 0 Å². The molecule has 0 aliphatic carbocycles. The summed E-state index contributed by atoms with van der Waals surface area (Å²) in [5.41, 5.74) is 0.645. The number of hydrogen-bond acceptors (Lipinski definition) is 7. The summed E-state index contributed by atoms with van der Waals surface area (Å²) in [4.78, 5) is 20.4. The Balaban J connectivity index is 2.01. The molecule has 21 heavy (non-hydrogen) atoms. The van der Waals surface area contributed by atoms with Gasteiger partial charge in [0.05, 0.1) is 11.5 Å². The van der Waals surface area contributed by atoms with Crippen LogP contribution in [0.3, 0.4) is 0 Å². The van der Waals surface area contributed by atoms with Crippen molar-refractivity contribution in [3.05, 3.63) is 16.8 Å². The Morgan fingerprint density at radius 3 is 2.86 bits per heavy atom. The maximum Gasteiger partial charge on any atom is 0.346 e. The van der Waals surface area contributed by atoms with E-state index in [2.05, 4.69) is 9.97 Å². The predicted molar refractivity (Wildman–Crippen MR) is 82.0 cm³/mol. The molecule has 2 aromatic heterocycles. The molecular formula is C12H12N2O4S3. The highest BCUT2D eigenvalue weighted by molar-refractivity contribution is 8.02. The molecule has 0 saturated carbocycles. The van der Waals surface area contributed by atoms with Gasteiger partial charge in [-0.3, -0.25) is 0 Å². The van der Waals surface area contributed by atoms with Gasteiger partial charge in [-0.15, -0.1) is 23.1 Å². The van der Waals surface area contributed by atoms with Gasteiger partial charge in [0.25, 0.3) is 0 Å². The third-order valence-corrected chi connectivity index (χ3v) is 7.79. The van der Waals surface area contributed by atoms with Gasteiger partial charge in [0.1, 0.15) is 21.1 Å². The summed E-state index contributed by atoms with van der Waals surface area (Å²) in [5, 5.41) is 10.6. The van der Waals surface area contributed by atoms with Crippen molar-refractivity contribution in [1.82, 2.24) is 9.97 Å². The van der Waals surface area contributed by atoms with E-state index in [1.807, 2.05) is 0 Å². The van der Waals surface area contributed by atoms with Crippen LogP contribution in [0.15, 0.2) is 11.4 Å². The molecule has 1 unspecified atom stereocenters. The Bertz CT molecular complexity index is 828. The average molecular weight is 344 g/mol. The second-order valence-electron chi connectivity index (χ2n) is 4.86. The lowest BCUT2D eigenvalue weighted by Gasteiger charge is -2.07. The monoisotopic (exact) mass is 344 g/mol. The van der Waals surface area contributed by atoms with Crippen LogP contribution in [0, 0.1) is 6.92 Å². The molecule has 0 amide bonds. The minimum atomic E-state index is -2.94. The van der Waals surface area contributed by atoms with Crippen molar-refractivity contribution in [3.8, 4) is 0 Å². The van der Waals surface area contributed by atoms with E-state index in [1.165, 1.54) is 18.1 Å². The van der Waals surface area contributed by atoms with Gasteiger partial charge in [0.15, 0.2) is 9.84 Å². The van der Waals surface area contributed by atoms with Crippen molar-refractivity contribution in [1.29, 1.82) is 0 Å². The molecule has 1 saturated heterocycles. The molecule has 1 N–H and O–H groups in total. The second kappa shape index (κ2) is 5.22. The van der Waals surface area contributed by atoms with Gasteiger partial charge in [0.2, 0.25) is 0 Å². The number of aromatic carboxylic acids is 1. The summed E-state index contributed by atoms with van der Waals surface area (Å²) in [6, 6.07) is 0. The second-order valence-corrected chi connectivity index (χ2v) is 9.38. The van der Waals surface area contributed by atoms with Crippen LogP contribution in [0.1, 0.15) is 21.7 Å². The summed E-state index contributed by atoms with van der Waals surface area (Å²) in [7, 11) is -2.94. The molecule has 3 heterocycles. The van der Waals surface area contributed by atoms with Crippen molar-refractivity contribution in [2.45, 2.75) is 23.6 Å². The lowest BCUT2D eigenvalue weighted by molar-refractivity contribution is 0.0701. The molecule has 3 rings (SSSR count). The maximum atomic E-state index is 11.5. The number of rotatable bonds is 3. The van der Waals surface area contributed by atoms with Crippen LogP contribution in [-0.2, 0) is 9.84 Å². The number of carbonyl (C=O) groups is 1. The lowest BCUT2D eigenvalue weighted by atomic mass is 10.2. The third-order valence-electron chi connectivity index (χ3n) is 3.36. The van der Waals surface area contributed by atoms with Gasteiger partial charge in [0, 0.05) is 10.6 Å². The van der Waals surface area contributed by atoms with E-state index in [4.69, 9.17) is 0 Å². The van der Waals surface area contributed by atoms with Crippen LogP contribution in [0.25, 0.3) is 10.2 Å². The van der Waals surface area contributed by atoms with Crippen molar-refractivity contribution in [2.24, 2.45) is 0 Å². The summed E-state index contributed by atoms with van der Waals surface area (Å²) >= 11 is 2.53. The number of carboxylic acids is 1. The van der Waals surface area contributed by atoms with Crippen molar-refractivity contribution in [2.75, 3.05) is 11.5 Å². The Labute approximate surface area is 129 Å². The first-order chi connectivity index (χ1) is 9.87. The Morgan fingerprint density at radius 1 is 1.48 bits per heavy atom. The van der Waals surface area contributed by atoms with Crippen LogP contribution in [0.5, 0.6) is 0 Å². The molecule has 6 nitrogen and oxygen atoms in total. The van der Waals surface area contributed by atoms with Gasteiger partial charge < -0.3 is 5.11 Å². The number of aryl methyl sites for hydroxylation is 1. The average Bonchev–Trinajstić information content (AvgIpc) is 2.91. The van der Waals surface area contributed by atoms with Crippen molar-refractivity contribution in [3.63, 3.8) is 0 Å². The molecule has 1 fully saturated rings. The largest absolute Gasteiger partial charge is 0.477 e. The molecular weight excluding hydrogens is 332 g/mol. The molecule has 112 valence electrons. The zero-order chi connectivity index (χ0) is 15.2. The quantitative estimate of drug-likeness (QED) is 0.850. The number of hydrogen-bond donors (Lipinski definition) is 1. The van der Waals surface area contributed by atoms with E-state index < -0.39 is 15.8 Å². The van der Waals surface area contributed by atoms with Gasteiger partial charge in [-0.25, -0.2) is 23.2 Å². The molecule has 0 bridgehead atoms. The molecule has 0 spiro atoms. The number of sulfone groups is 1. The van der Waals surface area contributed by atoms with Crippen molar-refractivity contribution < 1.29 is 18.3 Å². The van der Waals surface area contributed by atoms with Crippen LogP contribution < -0.4 is 0 Å². The SMILES string of the molecule is Cc1c(C(=O)O)sc2ncnc(SC3CCS(=O)(=O)C3)c12. The molecule has 0 radical (unpaired) electrons. The first-order valence-electron chi connectivity index (χ1n) is 6.22. The van der Waals surface area contributed by atoms with E-state index in [9.17, 15) is 18.3 Å². The standard InChI is InChI=1S/C12H12N2O4S3/c1-6-8-10(19-7-2-3-21(17,18)4-7)13-5-14-11(8)20-9(6)12(15)16/h5,7H,2-4H2,1H3,(H,15,16). The number of carboxylic acid groups (broad SMARTS) is 1. The Hall–Kier alpha value is -1.19. The minimum absolute atomic E-state index is 0.0271. The van der Waals surface area contributed by atoms with Crippen molar-refractivity contribution >= 4 is 49.1 Å². The summed E-state index contributed by atoms with van der Waals surface area (Å²) in [6.45, 7) is 1.74. The first kappa shape index (κ1) is 14.7. The summed E-state index contributed by atoms with van der Waals surface area (Å²) < 4.78 is 23.1. The summed E-state index contributed by atoms with van der Waals surface area (Å²) in [6.07, 6.45) is 2.00. The zero-order valence-corrected chi connectivity index (χ0v) is 13.5. The minimum Gasteiger partial charge on any atom is -0.477 e. The Morgan fingerprint density at radius 2 is 2.24 bits per heavy atom. The smallest absolute Gasteiger partial charge is 0.346 e. The fourth-order valence-corrected chi connectivity index (χ4v) is 7.01. The maximum absolute atomic E-state index is 11.5. The first-order valence-corrected chi connectivity index (χ1v) is 9.73. The molecule has 1 aliphatic heterocycles. The fourth-order valence-electron chi connectivity index (χ4n) is 2.34. The normalized spacial score (nSPS) is 20.9. The molecule has 1 aliphatic rings. The molecule has 1 atom stereocenters. The van der Waals surface area contributed by atoms with E-state index in [-0.39, 0.29) is 21.6 Å². The highest BCUT2D eigenvalue weighted by Gasteiger charge is 2.30. The highest BCUT2D eigenvalue weighted by atomic mass is 32.2. The zero-order valence-electron chi connectivity index (χ0n) is 11.1. The van der Waals surface area contributed by atoms with Crippen LogP contribution in [-0.4, -0.2) is 46.2 Å². The van der Waals surface area contributed by atoms with Gasteiger partial charge in [-0.05, 0) is 18.9 Å². The topological polar surface area (TPSA) is 97.2 Å². The highest BCUT2D eigenvalue weighted by Crippen LogP contribution is 2.38. The Kier molecular flexibility index (Phi) is 3.66. The van der Waals surface area contributed by atoms with Crippen LogP contribution >= 0.6 is 23.1 Å². The molecule has 0 aromatic carbocycles. The third kappa shape index (κ3) is 2.77.